The highest BCUT2D eigenvalue weighted by Crippen LogP contribution is 2.44. The molecule has 0 saturated carbocycles. The lowest BCUT2D eigenvalue weighted by atomic mass is 9.78. The van der Waals surface area contributed by atoms with Gasteiger partial charge in [0.2, 0.25) is 17.7 Å². The summed E-state index contributed by atoms with van der Waals surface area (Å²) in [5.74, 6) is -1.86. The maximum Gasteiger partial charge on any atom is 0.410 e. The first-order valence-corrected chi connectivity index (χ1v) is 22.3. The normalized spacial score (nSPS) is 19.8. The van der Waals surface area contributed by atoms with Gasteiger partial charge in [-0.3, -0.25) is 24.2 Å². The summed E-state index contributed by atoms with van der Waals surface area (Å²) in [4.78, 5) is 101. The van der Waals surface area contributed by atoms with Gasteiger partial charge in [0.1, 0.15) is 23.7 Å². The Morgan fingerprint density at radius 2 is 1.31 bits per heavy atom. The van der Waals surface area contributed by atoms with Gasteiger partial charge in [-0.25, -0.2) is 14.4 Å². The molecule has 6 rings (SSSR count). The Kier molecular flexibility index (Phi) is 14.7. The number of benzene rings is 2. The van der Waals surface area contributed by atoms with Crippen LogP contribution in [0.4, 0.5) is 14.4 Å². The van der Waals surface area contributed by atoms with E-state index in [1.165, 1.54) is 19.1 Å². The average molecular weight is 898 g/mol. The Morgan fingerprint density at radius 1 is 0.769 bits per heavy atom. The van der Waals surface area contributed by atoms with Gasteiger partial charge in [0.25, 0.3) is 0 Å². The van der Waals surface area contributed by atoms with Gasteiger partial charge in [-0.15, -0.1) is 0 Å². The third-order valence-corrected chi connectivity index (χ3v) is 12.5. The number of ether oxygens (including phenoxy) is 3. The molecule has 0 radical (unpaired) electrons. The number of carbonyl (C=O) groups excluding carboxylic acids is 7. The molecule has 3 fully saturated rings. The van der Waals surface area contributed by atoms with Crippen molar-refractivity contribution in [1.82, 2.24) is 30.7 Å². The van der Waals surface area contributed by atoms with E-state index in [0.717, 1.165) is 40.8 Å². The summed E-state index contributed by atoms with van der Waals surface area (Å²) in [7, 11) is 2.48. The van der Waals surface area contributed by atoms with Crippen LogP contribution in [0, 0.1) is 17.3 Å². The average Bonchev–Trinajstić information content (AvgIpc) is 4.04. The largest absolute Gasteiger partial charge is 0.453 e. The monoisotopic (exact) mass is 897 g/mol. The molecule has 3 N–H and O–H groups in total. The number of allylic oxidation sites excluding steroid dienone is 1. The molecule has 4 aliphatic rings. The molecule has 350 valence electrons. The van der Waals surface area contributed by atoms with Crippen LogP contribution in [0.25, 0.3) is 16.7 Å². The van der Waals surface area contributed by atoms with Crippen LogP contribution in [0.5, 0.6) is 0 Å². The van der Waals surface area contributed by atoms with Gasteiger partial charge in [-0.2, -0.15) is 0 Å². The number of alkyl carbamates (subject to hydrolysis) is 2. The van der Waals surface area contributed by atoms with Crippen LogP contribution in [0.1, 0.15) is 90.1 Å². The SMILES string of the molecule is COC(=O)NC(C(=O)N1CC2(CC1C(=O)NCC(=O)c1ccc(-c3ccc(C4=CN=C([C@@H]5CCCN5C(=O)[C@@H](NC(=O)OC)C(C)C)C4)cc3)cc1)CN(C(=O)OC(C)(C)C)C2)C(C)C. The van der Waals surface area contributed by atoms with Crippen LogP contribution in [0.15, 0.2) is 59.7 Å². The van der Waals surface area contributed by atoms with E-state index >= 15 is 0 Å². The van der Waals surface area contributed by atoms with Crippen molar-refractivity contribution in [3.05, 3.63) is 65.9 Å². The van der Waals surface area contributed by atoms with Crippen molar-refractivity contribution in [2.45, 2.75) is 104 Å². The van der Waals surface area contributed by atoms with Gasteiger partial charge in [0.15, 0.2) is 5.78 Å². The highest BCUT2D eigenvalue weighted by atomic mass is 16.6. The molecule has 2 aromatic rings. The minimum atomic E-state index is -0.970. The fourth-order valence-electron chi connectivity index (χ4n) is 9.04. The summed E-state index contributed by atoms with van der Waals surface area (Å²) in [5, 5.41) is 8.04. The molecule has 17 nitrogen and oxygen atoms in total. The molecule has 4 aliphatic heterocycles. The molecule has 4 heterocycles. The number of aliphatic imine (C=N–C) groups is 1. The van der Waals surface area contributed by atoms with Crippen LogP contribution in [-0.4, -0.2) is 139 Å². The number of hydrogen-bond acceptors (Lipinski definition) is 11. The number of likely N-dealkylation sites (tertiary alicyclic amines) is 3. The first-order valence-electron chi connectivity index (χ1n) is 22.3. The standard InChI is InChI=1S/C48H63N7O10/c1-28(2)39(51-44(60)63-8)42(58)54-20-10-11-36(54)35-21-34(23-49-35)32-14-12-30(13-15-32)31-16-18-33(19-17-31)38(56)24-50-41(57)37-22-48(25-53(26-48)46(62)65-47(5,6)7)27-55(37)43(59)40(29(3)4)52-45(61)64-9/h12-19,23,28-29,36-37,39-40H,10-11,20-22,24-27H2,1-9H3,(H,50,57)(H,51,60)(H,52,61)/t36-,37?,39-,40?/m0/s1. The molecule has 65 heavy (non-hydrogen) atoms. The van der Waals surface area contributed by atoms with Gasteiger partial charge in [-0.05, 0) is 74.1 Å². The lowest BCUT2D eigenvalue weighted by molar-refractivity contribution is -0.141. The predicted molar refractivity (Wildman–Crippen MR) is 243 cm³/mol. The van der Waals surface area contributed by atoms with Crippen LogP contribution in [0.2, 0.25) is 0 Å². The second kappa shape index (κ2) is 19.9. The number of methoxy groups -OCH3 is 2. The van der Waals surface area contributed by atoms with Gasteiger partial charge in [0, 0.05) is 55.5 Å². The van der Waals surface area contributed by atoms with Crippen molar-refractivity contribution < 1.29 is 47.8 Å². The quantitative estimate of drug-likeness (QED) is 0.172. The van der Waals surface area contributed by atoms with E-state index in [9.17, 15) is 33.6 Å². The van der Waals surface area contributed by atoms with E-state index in [0.29, 0.717) is 18.5 Å². The smallest absolute Gasteiger partial charge is 0.410 e. The van der Waals surface area contributed by atoms with Crippen molar-refractivity contribution in [3.63, 3.8) is 0 Å². The molecule has 1 spiro atoms. The topological polar surface area (TPSA) is 205 Å². The summed E-state index contributed by atoms with van der Waals surface area (Å²) in [6, 6.07) is 12.4. The lowest BCUT2D eigenvalue weighted by Crippen LogP contribution is -2.61. The minimum Gasteiger partial charge on any atom is -0.453 e. The van der Waals surface area contributed by atoms with E-state index < -0.39 is 59.2 Å². The van der Waals surface area contributed by atoms with Crippen molar-refractivity contribution in [2.75, 3.05) is 46.9 Å². The van der Waals surface area contributed by atoms with E-state index in [4.69, 9.17) is 19.2 Å². The molecule has 17 heteroatoms. The molecule has 4 atom stereocenters. The Bertz CT molecular complexity index is 2210. The van der Waals surface area contributed by atoms with Crippen molar-refractivity contribution in [1.29, 1.82) is 0 Å². The third kappa shape index (κ3) is 11.2. The lowest BCUT2D eigenvalue weighted by Gasteiger charge is -2.47. The fourth-order valence-corrected chi connectivity index (χ4v) is 9.04. The summed E-state index contributed by atoms with van der Waals surface area (Å²) < 4.78 is 15.0. The summed E-state index contributed by atoms with van der Waals surface area (Å²) in [6.45, 7) is 13.7. The number of rotatable bonds is 13. The van der Waals surface area contributed by atoms with Crippen LogP contribution in [0.3, 0.4) is 0 Å². The molecule has 2 unspecified atom stereocenters. The molecule has 0 bridgehead atoms. The van der Waals surface area contributed by atoms with Gasteiger partial charge in [-0.1, -0.05) is 76.2 Å². The zero-order chi connectivity index (χ0) is 47.4. The fraction of sp³-hybridized carbons (Fsp3) is 0.542. The Morgan fingerprint density at radius 3 is 1.85 bits per heavy atom. The maximum absolute atomic E-state index is 14.0. The number of Topliss-reactive ketones (excluding diaryl/α,β-unsaturated/α-hetero) is 1. The Balaban J connectivity index is 1.05. The first-order chi connectivity index (χ1) is 30.7. The zero-order valence-corrected chi connectivity index (χ0v) is 38.9. The Hall–Kier alpha value is -6.26. The molecule has 0 aromatic heterocycles. The molecule has 0 aliphatic carbocycles. The van der Waals surface area contributed by atoms with Crippen LogP contribution < -0.4 is 16.0 Å². The van der Waals surface area contributed by atoms with E-state index in [1.54, 1.807) is 51.7 Å². The predicted octanol–water partition coefficient (Wildman–Crippen LogP) is 5.43. The molecule has 2 aromatic carbocycles. The molecular weight excluding hydrogens is 835 g/mol. The first kappa shape index (κ1) is 48.2. The van der Waals surface area contributed by atoms with E-state index in [1.807, 2.05) is 61.3 Å². The van der Waals surface area contributed by atoms with Crippen molar-refractivity contribution >= 4 is 53.1 Å². The second-order valence-corrected chi connectivity index (χ2v) is 19.2. The minimum absolute atomic E-state index is 0.120. The highest BCUT2D eigenvalue weighted by molar-refractivity contribution is 6.04. The maximum atomic E-state index is 14.0. The highest BCUT2D eigenvalue weighted by Gasteiger charge is 2.57. The molecule has 3 saturated heterocycles. The summed E-state index contributed by atoms with van der Waals surface area (Å²) >= 11 is 0. The third-order valence-electron chi connectivity index (χ3n) is 12.5. The van der Waals surface area contributed by atoms with Crippen molar-refractivity contribution in [2.24, 2.45) is 22.2 Å². The number of amides is 6. The summed E-state index contributed by atoms with van der Waals surface area (Å²) in [5.41, 5.74) is 3.94. The van der Waals surface area contributed by atoms with Gasteiger partial charge < -0.3 is 44.9 Å². The number of nitrogens with zero attached hydrogens (tertiary/aromatic N) is 4. The number of hydrogen-bond donors (Lipinski definition) is 3. The van der Waals surface area contributed by atoms with Crippen LogP contribution >= 0.6 is 0 Å². The van der Waals surface area contributed by atoms with E-state index in [-0.39, 0.29) is 62.2 Å². The Labute approximate surface area is 380 Å². The van der Waals surface area contributed by atoms with Gasteiger partial charge >= 0.3 is 18.3 Å². The number of carbonyl (C=O) groups is 7. The molecule has 6 amide bonds. The number of nitrogens with one attached hydrogen (secondary N) is 3. The van der Waals surface area contributed by atoms with Crippen molar-refractivity contribution in [3.8, 4) is 11.1 Å². The molecular formula is C48H63N7O10. The van der Waals surface area contributed by atoms with Gasteiger partial charge in [0.05, 0.1) is 26.8 Å². The number of ketones is 1. The summed E-state index contributed by atoms with van der Waals surface area (Å²) in [6.07, 6.45) is 2.48. The second-order valence-electron chi connectivity index (χ2n) is 19.2. The van der Waals surface area contributed by atoms with Crippen LogP contribution in [-0.2, 0) is 28.6 Å². The zero-order valence-electron chi connectivity index (χ0n) is 38.9. The van der Waals surface area contributed by atoms with E-state index in [2.05, 4.69) is 16.0 Å².